The zero-order chi connectivity index (χ0) is 12.1. The second-order valence-electron chi connectivity index (χ2n) is 5.17. The number of nitrogens with zero attached hydrogens (tertiary/aromatic N) is 1. The van der Waals surface area contributed by atoms with Gasteiger partial charge in [-0.25, -0.2) is 0 Å². The monoisotopic (exact) mass is 259 g/mol. The molecule has 4 heteroatoms. The van der Waals surface area contributed by atoms with Crippen LogP contribution >= 0.6 is 11.6 Å². The van der Waals surface area contributed by atoms with Crippen LogP contribution in [0, 0.1) is 0 Å². The zero-order valence-electron chi connectivity index (χ0n) is 9.91. The predicted molar refractivity (Wildman–Crippen MR) is 71.6 cm³/mol. The average Bonchev–Trinajstić information content (AvgIpc) is 2.96. The first-order chi connectivity index (χ1) is 8.81. The minimum Gasteiger partial charge on any atom is -0.307 e. The molecule has 2 bridgehead atoms. The van der Waals surface area contributed by atoms with Crippen molar-refractivity contribution in [2.24, 2.45) is 0 Å². The summed E-state index contributed by atoms with van der Waals surface area (Å²) in [5.41, 5.74) is 4.90. The van der Waals surface area contributed by atoms with Crippen molar-refractivity contribution in [1.29, 1.82) is 0 Å². The summed E-state index contributed by atoms with van der Waals surface area (Å²) >= 11 is 5.94. The third-order valence-electron chi connectivity index (χ3n) is 4.04. The minimum absolute atomic E-state index is 0.475. The Kier molecular flexibility index (Phi) is 2.26. The number of halogens is 1. The van der Waals surface area contributed by atoms with Crippen LogP contribution in [-0.4, -0.2) is 16.2 Å². The lowest BCUT2D eigenvalue weighted by Gasteiger charge is -2.21. The number of aromatic amines is 1. The highest BCUT2D eigenvalue weighted by Gasteiger charge is 2.35. The van der Waals surface area contributed by atoms with E-state index < -0.39 is 0 Å². The molecule has 0 radical (unpaired) electrons. The summed E-state index contributed by atoms with van der Waals surface area (Å²) in [4.78, 5) is 0. The third kappa shape index (κ3) is 1.51. The van der Waals surface area contributed by atoms with Crippen LogP contribution < -0.4 is 5.32 Å². The van der Waals surface area contributed by atoms with Crippen molar-refractivity contribution in [1.82, 2.24) is 15.5 Å². The number of aromatic nitrogens is 2. The van der Waals surface area contributed by atoms with Gasteiger partial charge in [-0.05, 0) is 25.0 Å². The van der Waals surface area contributed by atoms with Gasteiger partial charge < -0.3 is 5.32 Å². The quantitative estimate of drug-likeness (QED) is 0.826. The largest absolute Gasteiger partial charge is 0.307 e. The van der Waals surface area contributed by atoms with Crippen molar-refractivity contribution in [3.05, 3.63) is 40.5 Å². The first kappa shape index (κ1) is 10.6. The van der Waals surface area contributed by atoms with Gasteiger partial charge in [-0.1, -0.05) is 23.7 Å². The highest BCUT2D eigenvalue weighted by atomic mass is 35.5. The smallest absolute Gasteiger partial charge is 0.0971 e. The van der Waals surface area contributed by atoms with Crippen LogP contribution in [0.3, 0.4) is 0 Å². The molecule has 0 aliphatic carbocycles. The number of hydrogen-bond acceptors (Lipinski definition) is 2. The maximum Gasteiger partial charge on any atom is 0.0971 e. The minimum atomic E-state index is 0.475. The molecule has 0 spiro atoms. The van der Waals surface area contributed by atoms with Crippen molar-refractivity contribution >= 4 is 11.6 Å². The molecule has 2 N–H and O–H groups in total. The second-order valence-corrected chi connectivity index (χ2v) is 5.61. The van der Waals surface area contributed by atoms with Crippen LogP contribution in [0.2, 0.25) is 5.02 Å². The van der Waals surface area contributed by atoms with Crippen LogP contribution in [0.25, 0.3) is 11.3 Å². The van der Waals surface area contributed by atoms with E-state index in [0.29, 0.717) is 12.1 Å². The lowest BCUT2D eigenvalue weighted by Crippen LogP contribution is -2.31. The number of nitrogens with one attached hydrogen (secondary N) is 2. The molecule has 1 fully saturated rings. The molecular formula is C14H14ClN3. The summed E-state index contributed by atoms with van der Waals surface area (Å²) in [6.07, 6.45) is 3.57. The van der Waals surface area contributed by atoms with Gasteiger partial charge in [0, 0.05) is 40.3 Å². The molecule has 2 aliphatic heterocycles. The Morgan fingerprint density at radius 2 is 2.00 bits per heavy atom. The molecule has 0 saturated carbocycles. The van der Waals surface area contributed by atoms with Crippen molar-refractivity contribution in [3.63, 3.8) is 0 Å². The van der Waals surface area contributed by atoms with Crippen LogP contribution in [0.4, 0.5) is 0 Å². The number of H-pyrrole nitrogens is 1. The van der Waals surface area contributed by atoms with Crippen molar-refractivity contribution in [2.75, 3.05) is 0 Å². The van der Waals surface area contributed by atoms with E-state index in [2.05, 4.69) is 15.5 Å². The molecule has 0 unspecified atom stereocenters. The van der Waals surface area contributed by atoms with Crippen LogP contribution in [0.5, 0.6) is 0 Å². The van der Waals surface area contributed by atoms with Gasteiger partial charge >= 0.3 is 0 Å². The van der Waals surface area contributed by atoms with E-state index in [1.54, 1.807) is 0 Å². The molecule has 2 aliphatic rings. The maximum atomic E-state index is 5.94. The Bertz CT molecular complexity index is 588. The highest BCUT2D eigenvalue weighted by molar-refractivity contribution is 6.30. The number of hydrogen-bond donors (Lipinski definition) is 2. The topological polar surface area (TPSA) is 40.7 Å². The van der Waals surface area contributed by atoms with E-state index in [0.717, 1.165) is 22.7 Å². The van der Waals surface area contributed by atoms with Crippen molar-refractivity contribution in [3.8, 4) is 11.3 Å². The Hall–Kier alpha value is -1.32. The summed E-state index contributed by atoms with van der Waals surface area (Å²) in [5, 5.41) is 12.2. The highest BCUT2D eigenvalue weighted by Crippen LogP contribution is 2.40. The van der Waals surface area contributed by atoms with E-state index in [-0.39, 0.29) is 0 Å². The molecule has 92 valence electrons. The third-order valence-corrected chi connectivity index (χ3v) is 4.29. The number of rotatable bonds is 1. The summed E-state index contributed by atoms with van der Waals surface area (Å²) in [6.45, 7) is 0. The van der Waals surface area contributed by atoms with Gasteiger partial charge in [-0.2, -0.15) is 5.10 Å². The van der Waals surface area contributed by atoms with Gasteiger partial charge in [0.1, 0.15) is 0 Å². The van der Waals surface area contributed by atoms with Crippen LogP contribution in [-0.2, 0) is 6.42 Å². The SMILES string of the molecule is Clc1ccc(-c2n[nH]c3c2[C@@H]2CC[C@H](C3)N2)cc1. The lowest BCUT2D eigenvalue weighted by atomic mass is 9.96. The summed E-state index contributed by atoms with van der Waals surface area (Å²) in [7, 11) is 0. The number of benzene rings is 1. The molecule has 4 rings (SSSR count). The first-order valence-corrected chi connectivity index (χ1v) is 6.78. The molecule has 1 saturated heterocycles. The van der Waals surface area contributed by atoms with Gasteiger partial charge in [-0.15, -0.1) is 0 Å². The van der Waals surface area contributed by atoms with E-state index in [4.69, 9.17) is 11.6 Å². The van der Waals surface area contributed by atoms with Gasteiger partial charge in [0.25, 0.3) is 0 Å². The number of fused-ring (bicyclic) bond motifs is 4. The Balaban J connectivity index is 1.83. The van der Waals surface area contributed by atoms with Crippen molar-refractivity contribution < 1.29 is 0 Å². The maximum absolute atomic E-state index is 5.94. The van der Waals surface area contributed by atoms with Gasteiger partial charge in [0.05, 0.1) is 5.69 Å². The summed E-state index contributed by atoms with van der Waals surface area (Å²) in [6, 6.07) is 9.04. The van der Waals surface area contributed by atoms with Gasteiger partial charge in [-0.3, -0.25) is 5.10 Å². The normalized spacial score (nSPS) is 25.2. The fourth-order valence-electron chi connectivity index (χ4n) is 3.20. The Morgan fingerprint density at radius 3 is 2.83 bits per heavy atom. The molecule has 0 amide bonds. The first-order valence-electron chi connectivity index (χ1n) is 6.40. The fourth-order valence-corrected chi connectivity index (χ4v) is 3.33. The van der Waals surface area contributed by atoms with E-state index >= 15 is 0 Å². The zero-order valence-corrected chi connectivity index (χ0v) is 10.7. The Labute approximate surface area is 111 Å². The Morgan fingerprint density at radius 1 is 1.17 bits per heavy atom. The molecule has 1 aromatic carbocycles. The molecule has 3 nitrogen and oxygen atoms in total. The summed E-state index contributed by atoms with van der Waals surface area (Å²) < 4.78 is 0. The summed E-state index contributed by atoms with van der Waals surface area (Å²) in [5.74, 6) is 0. The molecule has 2 aromatic rings. The molecule has 1 aromatic heterocycles. The van der Waals surface area contributed by atoms with E-state index in [1.807, 2.05) is 24.3 Å². The van der Waals surface area contributed by atoms with Crippen molar-refractivity contribution in [2.45, 2.75) is 31.3 Å². The predicted octanol–water partition coefficient (Wildman–Crippen LogP) is 3.08. The standard InChI is InChI=1S/C14H14ClN3/c15-9-3-1-8(2-4-9)14-13-11-6-5-10(16-11)7-12(13)17-18-14/h1-4,10-11,16H,5-7H2,(H,17,18)/t10-,11+/m1/s1. The fraction of sp³-hybridized carbons (Fsp3) is 0.357. The van der Waals surface area contributed by atoms with E-state index in [9.17, 15) is 0 Å². The van der Waals surface area contributed by atoms with Crippen LogP contribution in [0.1, 0.15) is 30.1 Å². The van der Waals surface area contributed by atoms with Crippen LogP contribution in [0.15, 0.2) is 24.3 Å². The molecule has 3 heterocycles. The lowest BCUT2D eigenvalue weighted by molar-refractivity contribution is 0.511. The molecule has 18 heavy (non-hydrogen) atoms. The van der Waals surface area contributed by atoms with Gasteiger partial charge in [0.2, 0.25) is 0 Å². The molecule has 2 atom stereocenters. The molecular weight excluding hydrogens is 246 g/mol. The second kappa shape index (κ2) is 3.84. The van der Waals surface area contributed by atoms with E-state index in [1.165, 1.54) is 24.1 Å². The average molecular weight is 260 g/mol. The van der Waals surface area contributed by atoms with Gasteiger partial charge in [0.15, 0.2) is 0 Å².